The molecule has 0 atom stereocenters. The number of hydrogen-bond acceptors (Lipinski definition) is 2. The van der Waals surface area contributed by atoms with Crippen LogP contribution >= 0.6 is 0 Å². The molecule has 1 heterocycles. The fourth-order valence-electron chi connectivity index (χ4n) is 2.35. The minimum Gasteiger partial charge on any atom is -0.497 e. The zero-order chi connectivity index (χ0) is 14.1. The van der Waals surface area contributed by atoms with Gasteiger partial charge in [0.25, 0.3) is 0 Å². The van der Waals surface area contributed by atoms with Crippen LogP contribution in [0.2, 0.25) is 0 Å². The molecular formula is C16H16N2O2. The molecule has 0 aliphatic carbocycles. The van der Waals surface area contributed by atoms with Gasteiger partial charge in [-0.15, -0.1) is 0 Å². The molecule has 0 fully saturated rings. The van der Waals surface area contributed by atoms with Gasteiger partial charge in [0, 0.05) is 0 Å². The van der Waals surface area contributed by atoms with Gasteiger partial charge in [0.05, 0.1) is 24.7 Å². The maximum atomic E-state index is 12.1. The monoisotopic (exact) mass is 268 g/mol. The third-order valence-corrected chi connectivity index (χ3v) is 3.43. The van der Waals surface area contributed by atoms with E-state index in [1.807, 2.05) is 49.4 Å². The highest BCUT2D eigenvalue weighted by atomic mass is 16.5. The number of H-pyrrole nitrogens is 1. The zero-order valence-corrected chi connectivity index (χ0v) is 11.5. The zero-order valence-electron chi connectivity index (χ0n) is 11.5. The van der Waals surface area contributed by atoms with E-state index in [-0.39, 0.29) is 5.69 Å². The Morgan fingerprint density at radius 1 is 1.15 bits per heavy atom. The summed E-state index contributed by atoms with van der Waals surface area (Å²) in [6.07, 6.45) is 0. The first kappa shape index (κ1) is 12.5. The van der Waals surface area contributed by atoms with Gasteiger partial charge >= 0.3 is 5.69 Å². The lowest BCUT2D eigenvalue weighted by Crippen LogP contribution is -2.17. The predicted molar refractivity (Wildman–Crippen MR) is 79.4 cm³/mol. The van der Waals surface area contributed by atoms with Crippen LogP contribution in [0.25, 0.3) is 11.0 Å². The van der Waals surface area contributed by atoms with E-state index in [0.717, 1.165) is 27.9 Å². The second-order valence-electron chi connectivity index (χ2n) is 4.88. The topological polar surface area (TPSA) is 47.0 Å². The molecule has 3 aromatic rings. The number of nitrogens with one attached hydrogen (secondary N) is 1. The number of aromatic nitrogens is 2. The van der Waals surface area contributed by atoms with Crippen LogP contribution in [0.15, 0.2) is 47.3 Å². The molecule has 1 N–H and O–H groups in total. The van der Waals surface area contributed by atoms with Gasteiger partial charge in [0.1, 0.15) is 5.75 Å². The lowest BCUT2D eigenvalue weighted by molar-refractivity contribution is 0.414. The number of methoxy groups -OCH3 is 1. The summed E-state index contributed by atoms with van der Waals surface area (Å²) in [6, 6.07) is 13.7. The summed E-state index contributed by atoms with van der Waals surface area (Å²) >= 11 is 0. The van der Waals surface area contributed by atoms with Gasteiger partial charge in [-0.3, -0.25) is 4.57 Å². The predicted octanol–water partition coefficient (Wildman–Crippen LogP) is 2.69. The molecule has 0 aliphatic rings. The van der Waals surface area contributed by atoms with Crippen molar-refractivity contribution in [3.63, 3.8) is 0 Å². The highest BCUT2D eigenvalue weighted by Crippen LogP contribution is 2.16. The summed E-state index contributed by atoms with van der Waals surface area (Å²) in [6.45, 7) is 2.56. The van der Waals surface area contributed by atoms with Crippen LogP contribution in [0, 0.1) is 6.92 Å². The molecule has 1 aromatic heterocycles. The third-order valence-electron chi connectivity index (χ3n) is 3.43. The van der Waals surface area contributed by atoms with E-state index in [0.29, 0.717) is 6.54 Å². The first-order chi connectivity index (χ1) is 9.67. The highest BCUT2D eigenvalue weighted by molar-refractivity contribution is 5.76. The molecular weight excluding hydrogens is 252 g/mol. The molecule has 2 aromatic carbocycles. The van der Waals surface area contributed by atoms with Crippen LogP contribution in [-0.2, 0) is 6.54 Å². The minimum atomic E-state index is -0.0820. The molecule has 0 unspecified atom stereocenters. The van der Waals surface area contributed by atoms with E-state index in [2.05, 4.69) is 4.98 Å². The molecule has 0 spiro atoms. The smallest absolute Gasteiger partial charge is 0.326 e. The third kappa shape index (κ3) is 2.20. The average Bonchev–Trinajstić information content (AvgIpc) is 2.75. The molecule has 0 saturated carbocycles. The second kappa shape index (κ2) is 4.89. The van der Waals surface area contributed by atoms with Crippen molar-refractivity contribution < 1.29 is 4.74 Å². The van der Waals surface area contributed by atoms with Crippen LogP contribution in [0.5, 0.6) is 5.75 Å². The molecule has 3 rings (SSSR count). The van der Waals surface area contributed by atoms with Crippen molar-refractivity contribution in [3.8, 4) is 5.75 Å². The number of fused-ring (bicyclic) bond motifs is 1. The Hall–Kier alpha value is -2.49. The maximum absolute atomic E-state index is 12.1. The van der Waals surface area contributed by atoms with Crippen LogP contribution in [0.4, 0.5) is 0 Å². The molecule has 0 amide bonds. The highest BCUT2D eigenvalue weighted by Gasteiger charge is 2.07. The van der Waals surface area contributed by atoms with Crippen LogP contribution < -0.4 is 10.4 Å². The van der Waals surface area contributed by atoms with Gasteiger partial charge in [0.15, 0.2) is 0 Å². The standard InChI is InChI=1S/C16H16N2O2/c1-11-3-8-15-14(9-11)17-16(19)18(15)10-12-4-6-13(20-2)7-5-12/h3-9H,10H2,1-2H3,(H,17,19). The summed E-state index contributed by atoms with van der Waals surface area (Å²) in [5, 5.41) is 0. The van der Waals surface area contributed by atoms with Crippen LogP contribution in [0.1, 0.15) is 11.1 Å². The van der Waals surface area contributed by atoms with Gasteiger partial charge < -0.3 is 9.72 Å². The Labute approximate surface area is 116 Å². The Balaban J connectivity index is 2.01. The van der Waals surface area contributed by atoms with Gasteiger partial charge in [-0.2, -0.15) is 0 Å². The first-order valence-electron chi connectivity index (χ1n) is 6.49. The largest absolute Gasteiger partial charge is 0.497 e. The van der Waals surface area contributed by atoms with Gasteiger partial charge in [-0.25, -0.2) is 4.79 Å². The van der Waals surface area contributed by atoms with Crippen molar-refractivity contribution in [1.82, 2.24) is 9.55 Å². The Bertz CT molecular complexity index is 797. The van der Waals surface area contributed by atoms with Crippen molar-refractivity contribution in [3.05, 3.63) is 64.1 Å². The molecule has 0 bridgehead atoms. The van der Waals surface area contributed by atoms with E-state index < -0.39 is 0 Å². The average molecular weight is 268 g/mol. The van der Waals surface area contributed by atoms with E-state index in [1.165, 1.54) is 0 Å². The van der Waals surface area contributed by atoms with Gasteiger partial charge in [0.2, 0.25) is 0 Å². The van der Waals surface area contributed by atoms with Crippen LogP contribution in [-0.4, -0.2) is 16.7 Å². The summed E-state index contributed by atoms with van der Waals surface area (Å²) in [4.78, 5) is 15.0. The van der Waals surface area contributed by atoms with Crippen molar-refractivity contribution in [2.45, 2.75) is 13.5 Å². The number of imidazole rings is 1. The molecule has 0 radical (unpaired) electrons. The number of aryl methyl sites for hydroxylation is 1. The SMILES string of the molecule is COc1ccc(Cn2c(=O)[nH]c3cc(C)ccc32)cc1. The van der Waals surface area contributed by atoms with Gasteiger partial charge in [-0.1, -0.05) is 18.2 Å². The normalized spacial score (nSPS) is 10.9. The van der Waals surface area contributed by atoms with E-state index in [4.69, 9.17) is 4.74 Å². The number of aromatic amines is 1. The Morgan fingerprint density at radius 3 is 2.60 bits per heavy atom. The first-order valence-corrected chi connectivity index (χ1v) is 6.49. The number of nitrogens with zero attached hydrogens (tertiary/aromatic N) is 1. The molecule has 4 nitrogen and oxygen atoms in total. The number of benzene rings is 2. The van der Waals surface area contributed by atoms with Crippen molar-refractivity contribution in [2.75, 3.05) is 7.11 Å². The second-order valence-corrected chi connectivity index (χ2v) is 4.88. The lowest BCUT2D eigenvalue weighted by atomic mass is 10.2. The summed E-state index contributed by atoms with van der Waals surface area (Å²) < 4.78 is 6.88. The summed E-state index contributed by atoms with van der Waals surface area (Å²) in [7, 11) is 1.64. The Kier molecular flexibility index (Phi) is 3.06. The Morgan fingerprint density at radius 2 is 1.90 bits per heavy atom. The molecule has 0 aliphatic heterocycles. The number of hydrogen-bond donors (Lipinski definition) is 1. The quantitative estimate of drug-likeness (QED) is 0.794. The van der Waals surface area contributed by atoms with Crippen molar-refractivity contribution in [2.24, 2.45) is 0 Å². The van der Waals surface area contributed by atoms with Crippen molar-refractivity contribution >= 4 is 11.0 Å². The van der Waals surface area contributed by atoms with E-state index >= 15 is 0 Å². The summed E-state index contributed by atoms with van der Waals surface area (Å²) in [5.74, 6) is 0.815. The number of rotatable bonds is 3. The van der Waals surface area contributed by atoms with Gasteiger partial charge in [-0.05, 0) is 42.3 Å². The maximum Gasteiger partial charge on any atom is 0.326 e. The van der Waals surface area contributed by atoms with Crippen LogP contribution in [0.3, 0.4) is 0 Å². The minimum absolute atomic E-state index is 0.0820. The fourth-order valence-corrected chi connectivity index (χ4v) is 2.35. The molecule has 0 saturated heterocycles. The summed E-state index contributed by atoms with van der Waals surface area (Å²) in [5.41, 5.74) is 3.92. The molecule has 20 heavy (non-hydrogen) atoms. The number of ether oxygens (including phenoxy) is 1. The lowest BCUT2D eigenvalue weighted by Gasteiger charge is -2.05. The van der Waals surface area contributed by atoms with E-state index in [1.54, 1.807) is 11.7 Å². The van der Waals surface area contributed by atoms with Crippen molar-refractivity contribution in [1.29, 1.82) is 0 Å². The van der Waals surface area contributed by atoms with E-state index in [9.17, 15) is 4.79 Å². The molecule has 102 valence electrons. The fraction of sp³-hybridized carbons (Fsp3) is 0.188. The molecule has 4 heteroatoms.